The monoisotopic (exact) mass is 589 g/mol. The molecule has 0 aliphatic carbocycles. The molecule has 3 saturated heterocycles. The molecular weight excluding hydrogens is 560 g/mol. The number of benzene rings is 1. The Morgan fingerprint density at radius 1 is 1.10 bits per heavy atom. The number of rotatable bonds is 3. The smallest absolute Gasteiger partial charge is 0.297 e. The number of aromatic nitrogens is 3. The van der Waals surface area contributed by atoms with Gasteiger partial charge in [-0.15, -0.1) is 0 Å². The van der Waals surface area contributed by atoms with Gasteiger partial charge < -0.3 is 29.0 Å². The number of nitrogens with one attached hydrogen (secondary N) is 1. The third-order valence-corrected chi connectivity index (χ3v) is 7.71. The van der Waals surface area contributed by atoms with E-state index >= 15 is 0 Å². The standard InChI is InChI=1S/C15H13F2N3O.C12H15ClN2O2.CH2O2/c16-13(17)14-18-11-9-5-1-2-6-10(9)21-12(11)15(19-14)20-7-3-4-8-20;13-9-4-10(11(16)14-5-9)15-3-1-2-12(6-15)7-17-8-12;2-1-3/h1-2,5-6,13H,3-4,7-8H2;4-5H,1-3,6-8H2,(H,14,16);1H,(H,2,3). The second-order valence-electron chi connectivity index (χ2n) is 10.3. The van der Waals surface area contributed by atoms with E-state index in [0.29, 0.717) is 33.2 Å². The maximum Gasteiger partial charge on any atom is 0.297 e. The first kappa shape index (κ1) is 28.7. The third-order valence-electron chi connectivity index (χ3n) is 7.49. The zero-order valence-corrected chi connectivity index (χ0v) is 22.9. The van der Waals surface area contributed by atoms with Crippen LogP contribution in [0.15, 0.2) is 45.7 Å². The molecule has 3 fully saturated rings. The van der Waals surface area contributed by atoms with Crippen molar-refractivity contribution in [2.75, 3.05) is 49.2 Å². The maximum atomic E-state index is 13.1. The first-order chi connectivity index (χ1) is 19.8. The molecule has 0 bridgehead atoms. The number of furan rings is 1. The Hall–Kier alpha value is -3.77. The number of alkyl halides is 2. The van der Waals surface area contributed by atoms with Gasteiger partial charge in [0.25, 0.3) is 18.5 Å². The van der Waals surface area contributed by atoms with Crippen molar-refractivity contribution in [3.05, 3.63) is 57.7 Å². The summed E-state index contributed by atoms with van der Waals surface area (Å²) in [6, 6.07) is 9.08. The zero-order chi connectivity index (χ0) is 29.0. The molecule has 41 heavy (non-hydrogen) atoms. The summed E-state index contributed by atoms with van der Waals surface area (Å²) < 4.78 is 37.3. The summed E-state index contributed by atoms with van der Waals surface area (Å²) >= 11 is 5.93. The second kappa shape index (κ2) is 12.4. The minimum atomic E-state index is -2.69. The maximum absolute atomic E-state index is 13.1. The largest absolute Gasteiger partial charge is 0.483 e. The number of para-hydroxylation sites is 1. The number of H-pyrrole nitrogens is 1. The topological polar surface area (TPSA) is 125 Å². The van der Waals surface area contributed by atoms with Gasteiger partial charge in [0.1, 0.15) is 16.8 Å². The molecule has 218 valence electrons. The lowest BCUT2D eigenvalue weighted by atomic mass is 9.78. The van der Waals surface area contributed by atoms with E-state index in [-0.39, 0.29) is 17.4 Å². The van der Waals surface area contributed by atoms with E-state index in [9.17, 15) is 13.6 Å². The van der Waals surface area contributed by atoms with E-state index in [4.69, 9.17) is 30.7 Å². The highest BCUT2D eigenvalue weighted by molar-refractivity contribution is 6.30. The normalized spacial score (nSPS) is 17.7. The van der Waals surface area contributed by atoms with E-state index in [2.05, 4.69) is 19.9 Å². The number of aromatic amines is 1. The number of hydrogen-bond donors (Lipinski definition) is 2. The number of nitrogens with zero attached hydrogens (tertiary/aromatic N) is 4. The van der Waals surface area contributed by atoms with E-state index in [0.717, 1.165) is 64.0 Å². The van der Waals surface area contributed by atoms with Crippen LogP contribution in [0.3, 0.4) is 0 Å². The van der Waals surface area contributed by atoms with Crippen molar-refractivity contribution >= 4 is 51.6 Å². The summed E-state index contributed by atoms with van der Waals surface area (Å²) in [6.07, 6.45) is 3.21. The SMILES string of the molecule is FC(F)c1nc(N2CCCC2)c2oc3ccccc3c2n1.O=CO.O=c1[nH]cc(Cl)cc1N1CCCC2(COC2)C1. The van der Waals surface area contributed by atoms with Crippen LogP contribution < -0.4 is 15.4 Å². The molecule has 0 atom stereocenters. The molecular formula is C28H30ClF2N5O5. The number of ether oxygens (including phenoxy) is 1. The van der Waals surface area contributed by atoms with Crippen LogP contribution in [0.4, 0.5) is 20.3 Å². The Morgan fingerprint density at radius 2 is 1.80 bits per heavy atom. The van der Waals surface area contributed by atoms with Gasteiger partial charge in [-0.25, -0.2) is 18.7 Å². The first-order valence-electron chi connectivity index (χ1n) is 13.4. The van der Waals surface area contributed by atoms with Gasteiger partial charge >= 0.3 is 0 Å². The van der Waals surface area contributed by atoms with Crippen LogP contribution >= 0.6 is 11.6 Å². The number of anilines is 2. The van der Waals surface area contributed by atoms with E-state index in [1.54, 1.807) is 6.07 Å². The Kier molecular flexibility index (Phi) is 8.69. The van der Waals surface area contributed by atoms with Crippen molar-refractivity contribution in [1.82, 2.24) is 15.0 Å². The first-order valence-corrected chi connectivity index (χ1v) is 13.7. The molecule has 6 heterocycles. The van der Waals surface area contributed by atoms with Gasteiger partial charge in [-0.1, -0.05) is 23.7 Å². The summed E-state index contributed by atoms with van der Waals surface area (Å²) in [7, 11) is 0. The highest BCUT2D eigenvalue weighted by Crippen LogP contribution is 2.38. The molecule has 3 aromatic heterocycles. The number of fused-ring (bicyclic) bond motifs is 3. The quantitative estimate of drug-likeness (QED) is 0.308. The second-order valence-corrected chi connectivity index (χ2v) is 10.8. The Bertz CT molecular complexity index is 1570. The summed E-state index contributed by atoms with van der Waals surface area (Å²) in [5, 5.41) is 8.21. The average molecular weight is 590 g/mol. The van der Waals surface area contributed by atoms with Gasteiger partial charge in [0.2, 0.25) is 0 Å². The van der Waals surface area contributed by atoms with Crippen LogP contribution in [0.1, 0.15) is 37.9 Å². The third kappa shape index (κ3) is 6.13. The molecule has 3 aliphatic rings. The Labute approximate surface area is 238 Å². The van der Waals surface area contributed by atoms with Crippen molar-refractivity contribution in [1.29, 1.82) is 0 Å². The summed E-state index contributed by atoms with van der Waals surface area (Å²) in [5.74, 6) is 0.0555. The average Bonchev–Trinajstić information content (AvgIpc) is 3.62. The van der Waals surface area contributed by atoms with Gasteiger partial charge in [-0.3, -0.25) is 9.59 Å². The minimum Gasteiger partial charge on any atom is -0.483 e. The molecule has 7 rings (SSSR count). The van der Waals surface area contributed by atoms with Crippen molar-refractivity contribution in [3.63, 3.8) is 0 Å². The van der Waals surface area contributed by atoms with Crippen molar-refractivity contribution in [2.45, 2.75) is 32.1 Å². The zero-order valence-electron chi connectivity index (χ0n) is 22.2. The van der Waals surface area contributed by atoms with Crippen LogP contribution in [0.25, 0.3) is 22.1 Å². The van der Waals surface area contributed by atoms with Crippen molar-refractivity contribution in [2.24, 2.45) is 5.41 Å². The lowest BCUT2D eigenvalue weighted by Gasteiger charge is -2.48. The highest BCUT2D eigenvalue weighted by Gasteiger charge is 2.42. The van der Waals surface area contributed by atoms with Crippen LogP contribution in [0, 0.1) is 5.41 Å². The molecule has 4 aromatic rings. The number of hydrogen-bond acceptors (Lipinski definition) is 8. The van der Waals surface area contributed by atoms with E-state index < -0.39 is 12.2 Å². The lowest BCUT2D eigenvalue weighted by Crippen LogP contribution is -2.55. The van der Waals surface area contributed by atoms with Crippen LogP contribution in [0.5, 0.6) is 0 Å². The molecule has 0 saturated carbocycles. The summed E-state index contributed by atoms with van der Waals surface area (Å²) in [6.45, 7) is 4.84. The predicted octanol–water partition coefficient (Wildman–Crippen LogP) is 5.26. The number of halogens is 3. The van der Waals surface area contributed by atoms with Crippen LogP contribution in [-0.2, 0) is 9.53 Å². The molecule has 1 aromatic carbocycles. The van der Waals surface area contributed by atoms with Gasteiger partial charge in [0, 0.05) is 43.2 Å². The lowest BCUT2D eigenvalue weighted by molar-refractivity contribution is -0.122. The van der Waals surface area contributed by atoms with Gasteiger partial charge in [0.15, 0.2) is 17.2 Å². The predicted molar refractivity (Wildman–Crippen MR) is 151 cm³/mol. The molecule has 2 N–H and O–H groups in total. The number of carboxylic acid groups (broad SMARTS) is 1. The van der Waals surface area contributed by atoms with E-state index in [1.807, 2.05) is 29.2 Å². The Balaban J connectivity index is 0.000000153. The number of pyridine rings is 1. The molecule has 0 radical (unpaired) electrons. The fraction of sp³-hybridized carbons (Fsp3) is 0.429. The molecule has 13 heteroatoms. The molecule has 10 nitrogen and oxygen atoms in total. The van der Waals surface area contributed by atoms with Gasteiger partial charge in [-0.05, 0) is 43.9 Å². The molecule has 1 spiro atoms. The van der Waals surface area contributed by atoms with Gasteiger partial charge in [-0.2, -0.15) is 0 Å². The van der Waals surface area contributed by atoms with Crippen LogP contribution in [-0.4, -0.2) is 65.9 Å². The molecule has 3 aliphatic heterocycles. The summed E-state index contributed by atoms with van der Waals surface area (Å²) in [4.78, 5) is 35.0. The summed E-state index contributed by atoms with van der Waals surface area (Å²) in [5.41, 5.74) is 2.51. The molecule has 0 unspecified atom stereocenters. The highest BCUT2D eigenvalue weighted by atomic mass is 35.5. The fourth-order valence-electron chi connectivity index (χ4n) is 5.56. The minimum absolute atomic E-state index is 0.0632. The van der Waals surface area contributed by atoms with Gasteiger partial charge in [0.05, 0.1) is 18.2 Å². The van der Waals surface area contributed by atoms with Crippen molar-refractivity contribution < 1.29 is 27.8 Å². The van der Waals surface area contributed by atoms with Crippen molar-refractivity contribution in [3.8, 4) is 0 Å². The Morgan fingerprint density at radius 3 is 2.49 bits per heavy atom. The number of carbonyl (C=O) groups is 1. The molecule has 0 amide bonds. The fourth-order valence-corrected chi connectivity index (χ4v) is 5.71. The van der Waals surface area contributed by atoms with Crippen LogP contribution in [0.2, 0.25) is 5.02 Å². The van der Waals surface area contributed by atoms with E-state index in [1.165, 1.54) is 12.6 Å². The number of piperidine rings is 1.